The molecule has 28 nitrogen and oxygen atoms in total. The first-order chi connectivity index (χ1) is 47.1. The van der Waals surface area contributed by atoms with Gasteiger partial charge in [-0.25, -0.2) is 14.5 Å². The minimum atomic E-state index is -1.61. The molecule has 0 saturated carbocycles. The van der Waals surface area contributed by atoms with Crippen LogP contribution in [-0.4, -0.2) is 184 Å². The summed E-state index contributed by atoms with van der Waals surface area (Å²) in [7, 11) is 0. The van der Waals surface area contributed by atoms with Crippen molar-refractivity contribution in [1.29, 1.82) is 0 Å². The molecule has 0 bridgehead atoms. The van der Waals surface area contributed by atoms with Gasteiger partial charge in [-0.3, -0.25) is 52.7 Å². The van der Waals surface area contributed by atoms with E-state index in [4.69, 9.17) is 14.6 Å². The summed E-state index contributed by atoms with van der Waals surface area (Å²) in [5.74, 6) is -12.9. The molecular weight excluding hydrogens is 1270 g/mol. The summed E-state index contributed by atoms with van der Waals surface area (Å²) >= 11 is 0. The zero-order valence-corrected chi connectivity index (χ0v) is 53.7. The molecule has 1 aromatic heterocycles. The summed E-state index contributed by atoms with van der Waals surface area (Å²) in [6, 6.07) is 30.4. The number of rotatable bonds is 31. The van der Waals surface area contributed by atoms with Gasteiger partial charge in [-0.05, 0) is 87.7 Å². The van der Waals surface area contributed by atoms with Crippen LogP contribution in [0.4, 0.5) is 9.59 Å². The highest BCUT2D eigenvalue weighted by molar-refractivity contribution is 5.99. The van der Waals surface area contributed by atoms with E-state index in [1.165, 1.54) is 0 Å². The third-order valence-electron chi connectivity index (χ3n) is 17.7. The highest BCUT2D eigenvalue weighted by Gasteiger charge is 2.41. The Balaban J connectivity index is 0.848. The molecule has 6 aromatic rings. The molecule has 28 heteroatoms. The number of nitrogens with zero attached hydrogens (tertiary/aromatic N) is 2. The van der Waals surface area contributed by atoms with Crippen LogP contribution in [0.15, 0.2) is 128 Å². The number of nitrogens with one attached hydrogen (secondary N) is 8. The van der Waals surface area contributed by atoms with E-state index in [0.717, 1.165) is 49.4 Å². The van der Waals surface area contributed by atoms with Gasteiger partial charge in [-0.15, -0.1) is 0 Å². The topological polar surface area (TPSA) is 408 Å². The SMILES string of the molecule is CC[C@H](C)[C@H](NC(=O)CNC(=O)[C@H](CCC(=O)O)NC(=O)[C@@H]1CCCN1C(=O)CN(C(=O)OCC1c2ccccc2-c2ccccc21)C(=O)OCC1c2ccccc2-c2ccccc21)C(=O)N[C@@H](Cc1c[nH]c2ccccc12)C(=O)NCC(=O)N[C@@H](CCC(=O)O)C(=O)NCC(=O)O. The molecule has 98 heavy (non-hydrogen) atoms. The summed E-state index contributed by atoms with van der Waals surface area (Å²) in [5, 5.41) is 45.5. The molecule has 2 aliphatic carbocycles. The lowest BCUT2D eigenvalue weighted by Crippen LogP contribution is -2.58. The van der Waals surface area contributed by atoms with Gasteiger partial charge in [0.25, 0.3) is 0 Å². The van der Waals surface area contributed by atoms with Gasteiger partial charge < -0.3 is 71.9 Å². The van der Waals surface area contributed by atoms with E-state index in [1.54, 1.807) is 44.3 Å². The van der Waals surface area contributed by atoms with E-state index in [2.05, 4.69) is 42.2 Å². The third-order valence-corrected chi connectivity index (χ3v) is 17.7. The fourth-order valence-electron chi connectivity index (χ4n) is 12.5. The smallest absolute Gasteiger partial charge is 0.419 e. The number of carboxylic acids is 3. The Morgan fingerprint density at radius 2 is 1.01 bits per heavy atom. The first kappa shape index (κ1) is 70.9. The number of likely N-dealkylation sites (tertiary alicyclic amines) is 1. The number of hydrogen-bond donors (Lipinski definition) is 11. The largest absolute Gasteiger partial charge is 0.481 e. The number of ether oxygens (including phenoxy) is 2. The fraction of sp³-hybridized carbons (Fsp3) is 0.357. The molecular formula is C70H76N10O18. The lowest BCUT2D eigenvalue weighted by molar-refractivity contribution is -0.140. The minimum absolute atomic E-state index is 0.0269. The summed E-state index contributed by atoms with van der Waals surface area (Å²) in [5.41, 5.74) is 8.62. The van der Waals surface area contributed by atoms with Crippen molar-refractivity contribution in [3.8, 4) is 22.3 Å². The van der Waals surface area contributed by atoms with Gasteiger partial charge in [-0.2, -0.15) is 0 Å². The molecule has 1 fully saturated rings. The standard InChI is InChI=1S/C70H76N10O18/c1-3-39(2)63(68(94)77-55(31-40-32-71-52-24-13-12-15-41(40)52)66(92)73-33-57(81)75-53(26-28-60(84)85)64(90)74-35-62(88)89)78-58(82)34-72-65(91)54(27-29-61(86)87)76-67(93)56-25-14-30-79(56)59(83)36-80(69(95)97-37-50-46-20-8-4-16-42(46)43-17-5-9-21-47(43)50)70(96)98-38-51-48-22-10-6-18-44(48)45-19-7-11-23-49(45)51/h4-13,15-24,32,39,50-51,53-56,63,71H,3,14,25-31,33-38H2,1-2H3,(H,72,91)(H,73,92)(H,74,90)(H,75,81)(H,76,93)(H,77,94)(H,78,82)(H,84,85)(H,86,87)(H,88,89)/t39-,53-,54-,55-,56-,63-/m0/s1. The molecule has 3 aliphatic rings. The van der Waals surface area contributed by atoms with Crippen LogP contribution in [-0.2, 0) is 68.6 Å². The van der Waals surface area contributed by atoms with Crippen LogP contribution in [0.1, 0.15) is 98.4 Å². The Morgan fingerprint density at radius 1 is 0.551 bits per heavy atom. The fourth-order valence-corrected chi connectivity index (χ4v) is 12.5. The maximum atomic E-state index is 14.5. The van der Waals surface area contributed by atoms with E-state index < -0.39 is 177 Å². The van der Waals surface area contributed by atoms with Crippen molar-refractivity contribution in [3.05, 3.63) is 155 Å². The normalized spacial score (nSPS) is 15.0. The number of carbonyl (C=O) groups is 13. The Hall–Kier alpha value is -11.4. The predicted molar refractivity (Wildman–Crippen MR) is 351 cm³/mol. The number of aromatic nitrogens is 1. The van der Waals surface area contributed by atoms with Gasteiger partial charge >= 0.3 is 30.1 Å². The molecule has 9 rings (SSSR count). The van der Waals surface area contributed by atoms with Crippen LogP contribution in [0.25, 0.3) is 33.2 Å². The molecule has 0 spiro atoms. The molecule has 514 valence electrons. The van der Waals surface area contributed by atoms with Crippen molar-refractivity contribution in [2.45, 2.75) is 107 Å². The maximum Gasteiger partial charge on any atom is 0.419 e. The first-order valence-corrected chi connectivity index (χ1v) is 32.1. The van der Waals surface area contributed by atoms with Crippen LogP contribution in [0.5, 0.6) is 0 Å². The zero-order chi connectivity index (χ0) is 70.2. The summed E-state index contributed by atoms with van der Waals surface area (Å²) in [4.78, 5) is 179. The molecule has 1 aliphatic heterocycles. The van der Waals surface area contributed by atoms with Gasteiger partial charge in [0.2, 0.25) is 47.3 Å². The average molecular weight is 1350 g/mol. The molecule has 1 saturated heterocycles. The number of para-hydroxylation sites is 1. The van der Waals surface area contributed by atoms with Crippen molar-refractivity contribution in [3.63, 3.8) is 0 Å². The zero-order valence-electron chi connectivity index (χ0n) is 53.7. The summed E-state index contributed by atoms with van der Waals surface area (Å²) < 4.78 is 11.8. The van der Waals surface area contributed by atoms with E-state index in [-0.39, 0.29) is 39.0 Å². The Labute approximate surface area is 561 Å². The summed E-state index contributed by atoms with van der Waals surface area (Å²) in [6.07, 6.45) is -2.46. The molecule has 2 heterocycles. The van der Waals surface area contributed by atoms with Crippen LogP contribution < -0.4 is 37.2 Å². The van der Waals surface area contributed by atoms with E-state index in [0.29, 0.717) is 27.8 Å². The van der Waals surface area contributed by atoms with Crippen LogP contribution in [0.2, 0.25) is 0 Å². The Kier molecular flexibility index (Phi) is 23.7. The second-order valence-corrected chi connectivity index (χ2v) is 24.1. The maximum absolute atomic E-state index is 14.5. The first-order valence-electron chi connectivity index (χ1n) is 32.1. The number of benzene rings is 5. The molecule has 10 amide bonds. The van der Waals surface area contributed by atoms with Crippen molar-refractivity contribution < 1.29 is 87.1 Å². The van der Waals surface area contributed by atoms with Crippen molar-refractivity contribution in [2.24, 2.45) is 5.92 Å². The predicted octanol–water partition coefficient (Wildman–Crippen LogP) is 4.05. The molecule has 6 atom stereocenters. The molecule has 0 unspecified atom stereocenters. The summed E-state index contributed by atoms with van der Waals surface area (Å²) in [6.45, 7) is -0.465. The van der Waals surface area contributed by atoms with E-state index in [9.17, 15) is 72.5 Å². The quantitative estimate of drug-likeness (QED) is 0.0292. The van der Waals surface area contributed by atoms with E-state index >= 15 is 0 Å². The lowest BCUT2D eigenvalue weighted by atomic mass is 9.97. The average Bonchev–Trinajstić information content (AvgIpc) is 1.62. The number of imide groups is 1. The van der Waals surface area contributed by atoms with Crippen LogP contribution in [0.3, 0.4) is 0 Å². The lowest BCUT2D eigenvalue weighted by Gasteiger charge is -2.28. The molecule has 0 radical (unpaired) electrons. The number of amides is 10. The van der Waals surface area contributed by atoms with Gasteiger partial charge in [0.15, 0.2) is 0 Å². The Bertz CT molecular complexity index is 3840. The van der Waals surface area contributed by atoms with Gasteiger partial charge in [0.05, 0.1) is 13.1 Å². The van der Waals surface area contributed by atoms with Crippen LogP contribution in [0, 0.1) is 5.92 Å². The number of aliphatic carboxylic acids is 3. The number of carbonyl (C=O) groups excluding carboxylic acids is 10. The number of H-pyrrole nitrogens is 1. The van der Waals surface area contributed by atoms with Crippen molar-refractivity contribution in [2.75, 3.05) is 45.9 Å². The highest BCUT2D eigenvalue weighted by Crippen LogP contribution is 2.46. The Morgan fingerprint density at radius 3 is 1.51 bits per heavy atom. The molecule has 11 N–H and O–H groups in total. The van der Waals surface area contributed by atoms with Crippen molar-refractivity contribution in [1.82, 2.24) is 52.0 Å². The second kappa shape index (κ2) is 32.8. The number of fused-ring (bicyclic) bond motifs is 7. The monoisotopic (exact) mass is 1340 g/mol. The van der Waals surface area contributed by atoms with Gasteiger partial charge in [-0.1, -0.05) is 136 Å². The second-order valence-electron chi connectivity index (χ2n) is 24.1. The van der Waals surface area contributed by atoms with Crippen molar-refractivity contribution >= 4 is 88.3 Å². The number of hydrogen-bond acceptors (Lipinski definition) is 15. The van der Waals surface area contributed by atoms with Gasteiger partial charge in [0, 0.05) is 54.7 Å². The minimum Gasteiger partial charge on any atom is -0.481 e. The van der Waals surface area contributed by atoms with Crippen LogP contribution >= 0.6 is 0 Å². The molecule has 5 aromatic carbocycles. The van der Waals surface area contributed by atoms with E-state index in [1.807, 2.05) is 97.1 Å². The third kappa shape index (κ3) is 17.5. The van der Waals surface area contributed by atoms with Gasteiger partial charge in [0.1, 0.15) is 56.5 Å². The number of aromatic amines is 1. The number of carboxylic acid groups (broad SMARTS) is 3. The highest BCUT2D eigenvalue weighted by atomic mass is 16.6.